The Balaban J connectivity index is 0.912. The van der Waals surface area contributed by atoms with Gasteiger partial charge in [-0.25, -0.2) is 0 Å². The Kier molecular flexibility index (Phi) is 10.6. The molecule has 3 atom stereocenters. The molecule has 0 N–H and O–H groups in total. The van der Waals surface area contributed by atoms with E-state index in [1.165, 1.54) is 111 Å². The number of nitrogens with zero attached hydrogens (tertiary/aromatic N) is 2. The molecule has 9 aromatic rings. The Morgan fingerprint density at radius 3 is 1.63 bits per heavy atom. The van der Waals surface area contributed by atoms with Crippen molar-refractivity contribution in [1.82, 2.24) is 0 Å². The Hall–Kier alpha value is -9.68. The van der Waals surface area contributed by atoms with E-state index >= 15 is 0 Å². The topological polar surface area (TPSA) is 6.48 Å². The lowest BCUT2D eigenvalue weighted by atomic mass is 9.68. The summed E-state index contributed by atoms with van der Waals surface area (Å²) >= 11 is 0. The van der Waals surface area contributed by atoms with Gasteiger partial charge in [-0.15, -0.1) is 0 Å². The standard InChI is InChI=1S/C80H58N2/c1-3-21-53(22-4-1)55-39-43-57(44-40-55)81(59-47-49-67-65-29-11-17-35-73(65)79(75(67)51-59)69-31-13-7-25-61(69)62-26-8-14-32-70(62)79)77-37-19-20-38-78(77)82(58-45-41-56(42-46-58)54-23-5-2-6-24-54)60-48-50-68-66-30-12-18-36-74(66)80(76(68)52-60)71-33-15-9-27-63(71)64-28-10-16-34-72(64)80/h1-5,7-9,11-13,15-19,21-22,25-27,29-31,33-37,39-52,54H,10,14,20,23,28,32,38H2. The van der Waals surface area contributed by atoms with Gasteiger partial charge in [0.25, 0.3) is 0 Å². The molecule has 0 fully saturated rings. The van der Waals surface area contributed by atoms with Crippen LogP contribution in [0.2, 0.25) is 0 Å². The third kappa shape index (κ3) is 6.66. The van der Waals surface area contributed by atoms with Crippen molar-refractivity contribution in [3.8, 4) is 45.2 Å². The van der Waals surface area contributed by atoms with Gasteiger partial charge in [0.1, 0.15) is 0 Å². The van der Waals surface area contributed by atoms with Crippen LogP contribution in [0.5, 0.6) is 0 Å². The number of rotatable bonds is 8. The summed E-state index contributed by atoms with van der Waals surface area (Å²) < 4.78 is 0. The number of anilines is 4. The molecule has 0 aliphatic heterocycles. The highest BCUT2D eigenvalue weighted by atomic mass is 15.2. The molecule has 9 aromatic carbocycles. The van der Waals surface area contributed by atoms with E-state index in [9.17, 15) is 0 Å². The lowest BCUT2D eigenvalue weighted by Gasteiger charge is -2.38. The molecule has 8 aliphatic carbocycles. The van der Waals surface area contributed by atoms with Gasteiger partial charge in [0.15, 0.2) is 0 Å². The van der Waals surface area contributed by atoms with Crippen molar-refractivity contribution in [1.29, 1.82) is 0 Å². The zero-order valence-corrected chi connectivity index (χ0v) is 45.7. The van der Waals surface area contributed by atoms with Crippen molar-refractivity contribution < 1.29 is 0 Å². The van der Waals surface area contributed by atoms with Crippen LogP contribution in [0.1, 0.15) is 101 Å². The molecule has 0 radical (unpaired) electrons. The highest BCUT2D eigenvalue weighted by Crippen LogP contribution is 2.66. The van der Waals surface area contributed by atoms with E-state index in [0.717, 1.165) is 73.4 Å². The molecule has 82 heavy (non-hydrogen) atoms. The maximum Gasteiger partial charge on any atom is 0.0722 e. The molecule has 0 amide bonds. The van der Waals surface area contributed by atoms with Crippen molar-refractivity contribution in [2.45, 2.75) is 61.7 Å². The summed E-state index contributed by atoms with van der Waals surface area (Å²) in [6, 6.07) is 81.4. The second-order valence-electron chi connectivity index (χ2n) is 23.2. The maximum atomic E-state index is 3.52. The van der Waals surface area contributed by atoms with Crippen LogP contribution in [0.3, 0.4) is 0 Å². The summed E-state index contributed by atoms with van der Waals surface area (Å²) in [5, 5.41) is 0. The van der Waals surface area contributed by atoms with Crippen LogP contribution >= 0.6 is 0 Å². The van der Waals surface area contributed by atoms with E-state index in [-0.39, 0.29) is 5.92 Å². The average molecular weight is 1050 g/mol. The highest BCUT2D eigenvalue weighted by Gasteiger charge is 2.54. The molecule has 0 heterocycles. The fraction of sp³-hybridized carbons (Fsp3) is 0.125. The van der Waals surface area contributed by atoms with Crippen LogP contribution in [0.4, 0.5) is 22.7 Å². The van der Waals surface area contributed by atoms with Crippen LogP contribution in [-0.4, -0.2) is 0 Å². The molecule has 2 heteroatoms. The molecule has 17 rings (SSSR count). The van der Waals surface area contributed by atoms with E-state index in [0.29, 0.717) is 0 Å². The van der Waals surface area contributed by atoms with Gasteiger partial charge in [0.05, 0.1) is 16.5 Å². The number of benzene rings is 9. The Bertz CT molecular complexity index is 4480. The van der Waals surface area contributed by atoms with E-state index in [1.807, 2.05) is 6.08 Å². The highest BCUT2D eigenvalue weighted by molar-refractivity contribution is 5.99. The lowest BCUT2D eigenvalue weighted by molar-refractivity contribution is 0.714. The van der Waals surface area contributed by atoms with Crippen molar-refractivity contribution >= 4 is 33.9 Å². The fourth-order valence-corrected chi connectivity index (χ4v) is 16.0. The van der Waals surface area contributed by atoms with Gasteiger partial charge >= 0.3 is 0 Å². The smallest absolute Gasteiger partial charge is 0.0722 e. The summed E-state index contributed by atoms with van der Waals surface area (Å²) in [7, 11) is 0. The summed E-state index contributed by atoms with van der Waals surface area (Å²) in [6.45, 7) is 0. The van der Waals surface area contributed by atoms with Crippen LogP contribution in [0.15, 0.2) is 283 Å². The Morgan fingerprint density at radius 1 is 0.390 bits per heavy atom. The number of hydrogen-bond acceptors (Lipinski definition) is 2. The quantitative estimate of drug-likeness (QED) is 0.140. The minimum Gasteiger partial charge on any atom is -0.312 e. The molecule has 8 aliphatic rings. The van der Waals surface area contributed by atoms with Crippen molar-refractivity contribution in [3.05, 3.63) is 334 Å². The predicted molar refractivity (Wildman–Crippen MR) is 339 cm³/mol. The van der Waals surface area contributed by atoms with Crippen molar-refractivity contribution in [2.24, 2.45) is 0 Å². The number of allylic oxidation sites excluding steroid dienone is 13. The zero-order valence-electron chi connectivity index (χ0n) is 45.7. The van der Waals surface area contributed by atoms with Gasteiger partial charge in [-0.1, -0.05) is 212 Å². The first-order valence-electron chi connectivity index (χ1n) is 29.6. The number of fused-ring (bicyclic) bond motifs is 18. The second kappa shape index (κ2) is 18.4. The predicted octanol–water partition coefficient (Wildman–Crippen LogP) is 19.8. The van der Waals surface area contributed by atoms with Gasteiger partial charge in [-0.2, -0.15) is 0 Å². The molecule has 2 spiro atoms. The first-order valence-corrected chi connectivity index (χ1v) is 29.6. The molecular weight excluding hydrogens is 989 g/mol. The first-order chi connectivity index (χ1) is 40.7. The Labute approximate surface area is 481 Å². The third-order valence-corrected chi connectivity index (χ3v) is 19.3. The maximum absolute atomic E-state index is 3.52. The van der Waals surface area contributed by atoms with Crippen molar-refractivity contribution in [3.63, 3.8) is 0 Å². The summed E-state index contributed by atoms with van der Waals surface area (Å²) in [4.78, 5) is 5.20. The Morgan fingerprint density at radius 2 is 0.915 bits per heavy atom. The van der Waals surface area contributed by atoms with Crippen LogP contribution in [-0.2, 0) is 10.8 Å². The lowest BCUT2D eigenvalue weighted by Crippen LogP contribution is -2.29. The summed E-state index contributed by atoms with van der Waals surface area (Å²) in [5.74, 6) is 6.96. The van der Waals surface area contributed by atoms with Gasteiger partial charge in [0.2, 0.25) is 0 Å². The molecule has 388 valence electrons. The van der Waals surface area contributed by atoms with E-state index in [1.54, 1.807) is 0 Å². The molecule has 0 bridgehead atoms. The molecule has 0 saturated heterocycles. The molecular formula is C80H58N2. The fourth-order valence-electron chi connectivity index (χ4n) is 16.0. The van der Waals surface area contributed by atoms with Gasteiger partial charge in [-0.3, -0.25) is 0 Å². The van der Waals surface area contributed by atoms with Crippen LogP contribution in [0.25, 0.3) is 44.5 Å². The minimum atomic E-state index is -0.441. The third-order valence-electron chi connectivity index (χ3n) is 19.3. The molecule has 2 nitrogen and oxygen atoms in total. The summed E-state index contributed by atoms with van der Waals surface area (Å²) in [5.41, 5.74) is 31.9. The van der Waals surface area contributed by atoms with E-state index in [4.69, 9.17) is 0 Å². The van der Waals surface area contributed by atoms with Crippen LogP contribution < -0.4 is 9.80 Å². The normalized spacial score (nSPS) is 20.5. The molecule has 0 aromatic heterocycles. The first kappa shape index (κ1) is 47.2. The minimum absolute atomic E-state index is 0.165. The van der Waals surface area contributed by atoms with Gasteiger partial charge < -0.3 is 9.80 Å². The van der Waals surface area contributed by atoms with Gasteiger partial charge in [-0.05, 0) is 211 Å². The van der Waals surface area contributed by atoms with E-state index in [2.05, 4.69) is 276 Å². The van der Waals surface area contributed by atoms with E-state index < -0.39 is 10.8 Å². The zero-order chi connectivity index (χ0) is 53.9. The number of hydrogen-bond donors (Lipinski definition) is 0. The SMILES string of the molecule is C1#CC(c2ccc(N(C3=C(N(c4ccc(-c5ccccc5)cc4)c4ccc5c(c4)C4(C6=C(C=CCC6)c6ccccc64)c4ccccc4-5)C=CCC3)c3ccc4c(c3)C3(C5=C(CCC=C5)c5ccccc53)c3ccccc3-4)cc2)CC=C1. The largest absolute Gasteiger partial charge is 0.312 e. The average Bonchev–Trinajstić information content (AvgIpc) is 3.12. The summed E-state index contributed by atoms with van der Waals surface area (Å²) in [6.07, 6.45) is 25.5. The van der Waals surface area contributed by atoms with Crippen molar-refractivity contribution in [2.75, 3.05) is 9.80 Å². The monoisotopic (exact) mass is 1050 g/mol. The molecule has 3 unspecified atom stereocenters. The van der Waals surface area contributed by atoms with Gasteiger partial charge in [0, 0.05) is 34.4 Å². The second-order valence-corrected chi connectivity index (χ2v) is 23.2. The molecule has 0 saturated carbocycles. The van der Waals surface area contributed by atoms with Crippen LogP contribution in [0, 0.1) is 11.8 Å².